The molecule has 0 bridgehead atoms. The van der Waals surface area contributed by atoms with Crippen molar-refractivity contribution < 1.29 is 9.32 Å². The first-order chi connectivity index (χ1) is 4.72. The number of nitrogens with zero attached hydrogens (tertiary/aromatic N) is 2. The average molecular weight is 140 g/mol. The number of amides is 1. The van der Waals surface area contributed by atoms with Gasteiger partial charge < -0.3 is 10.3 Å². The molecule has 0 unspecified atom stereocenters. The summed E-state index contributed by atoms with van der Waals surface area (Å²) in [6.07, 6.45) is 1.14. The molecule has 0 aromatic carbocycles. The molecule has 0 aliphatic rings. The summed E-state index contributed by atoms with van der Waals surface area (Å²) in [5.74, 6) is 0.00245. The van der Waals surface area contributed by atoms with Crippen molar-refractivity contribution in [2.45, 2.75) is 6.92 Å². The van der Waals surface area contributed by atoms with Gasteiger partial charge in [0.1, 0.15) is 5.92 Å². The molecule has 1 heterocycles. The van der Waals surface area contributed by atoms with Gasteiger partial charge in [0.2, 0.25) is 12.3 Å². The van der Waals surface area contributed by atoms with Crippen LogP contribution < -0.4 is 5.73 Å². The largest absolute Gasteiger partial charge is 0.369 e. The maximum atomic E-state index is 10.5. The fourth-order valence-corrected chi connectivity index (χ4v) is 0.446. The van der Waals surface area contributed by atoms with Gasteiger partial charge in [-0.05, 0) is 6.92 Å². The number of primary amides is 1. The molecule has 1 aromatic rings. The summed E-state index contributed by atoms with van der Waals surface area (Å²) in [6, 6.07) is 0. The Kier molecular flexibility index (Phi) is 1.66. The van der Waals surface area contributed by atoms with Gasteiger partial charge >= 0.3 is 0 Å². The fraction of sp³-hybridized carbons (Fsp3) is 0.200. The highest BCUT2D eigenvalue weighted by atomic mass is 16.5. The Morgan fingerprint density at radius 1 is 1.80 bits per heavy atom. The van der Waals surface area contributed by atoms with Crippen LogP contribution in [0, 0.1) is 5.92 Å². The first-order valence-electron chi connectivity index (χ1n) is 2.62. The van der Waals surface area contributed by atoms with E-state index in [1.54, 1.807) is 0 Å². The molecular formula is C5H6N3O2. The van der Waals surface area contributed by atoms with Crippen LogP contribution in [0.1, 0.15) is 12.7 Å². The lowest BCUT2D eigenvalue weighted by Crippen LogP contribution is -2.20. The molecule has 1 radical (unpaired) electrons. The van der Waals surface area contributed by atoms with Crippen molar-refractivity contribution in [2.24, 2.45) is 5.73 Å². The molecule has 0 aliphatic carbocycles. The van der Waals surface area contributed by atoms with Gasteiger partial charge in [-0.3, -0.25) is 4.79 Å². The van der Waals surface area contributed by atoms with Crippen LogP contribution in [0.4, 0.5) is 0 Å². The normalized spacial score (nSPS) is 10.2. The van der Waals surface area contributed by atoms with Crippen LogP contribution in [0.25, 0.3) is 0 Å². The van der Waals surface area contributed by atoms with Crippen LogP contribution in [-0.2, 0) is 4.79 Å². The van der Waals surface area contributed by atoms with Gasteiger partial charge in [0, 0.05) is 0 Å². The Morgan fingerprint density at radius 2 is 2.50 bits per heavy atom. The number of aromatic nitrogens is 2. The van der Waals surface area contributed by atoms with E-state index in [0.717, 1.165) is 6.39 Å². The third kappa shape index (κ3) is 1.12. The summed E-state index contributed by atoms with van der Waals surface area (Å²) in [4.78, 5) is 14.1. The molecule has 0 atom stereocenters. The second kappa shape index (κ2) is 2.47. The van der Waals surface area contributed by atoms with E-state index in [2.05, 4.69) is 14.7 Å². The van der Waals surface area contributed by atoms with Gasteiger partial charge in [0.05, 0.1) is 0 Å². The van der Waals surface area contributed by atoms with Crippen LogP contribution >= 0.6 is 0 Å². The molecule has 1 amide bonds. The summed E-state index contributed by atoms with van der Waals surface area (Å²) in [5, 5.41) is 3.41. The molecule has 2 N–H and O–H groups in total. The van der Waals surface area contributed by atoms with Gasteiger partial charge in [-0.1, -0.05) is 5.16 Å². The number of hydrogen-bond acceptors (Lipinski definition) is 4. The molecule has 53 valence electrons. The first kappa shape index (κ1) is 6.73. The standard InChI is InChI=1S/C5H6N3O2/c1-3(4(6)9)5-7-2-10-8-5/h2H,1H3,(H2,6,9). The average Bonchev–Trinajstić information content (AvgIpc) is 2.36. The van der Waals surface area contributed by atoms with Crippen LogP contribution in [0.2, 0.25) is 0 Å². The Balaban J connectivity index is 2.77. The quantitative estimate of drug-likeness (QED) is 0.600. The molecule has 10 heavy (non-hydrogen) atoms. The first-order valence-corrected chi connectivity index (χ1v) is 2.62. The molecule has 0 fully saturated rings. The Morgan fingerprint density at radius 3 is 2.90 bits per heavy atom. The third-order valence-corrected chi connectivity index (χ3v) is 1.07. The molecule has 0 saturated carbocycles. The molecule has 5 heteroatoms. The van der Waals surface area contributed by atoms with Crippen molar-refractivity contribution in [3.8, 4) is 0 Å². The predicted octanol–water partition coefficient (Wildman–Crippen LogP) is -0.503. The lowest BCUT2D eigenvalue weighted by molar-refractivity contribution is -0.115. The summed E-state index contributed by atoms with van der Waals surface area (Å²) < 4.78 is 4.40. The van der Waals surface area contributed by atoms with E-state index in [1.165, 1.54) is 6.92 Å². The Hall–Kier alpha value is -1.39. The van der Waals surface area contributed by atoms with Crippen molar-refractivity contribution >= 4 is 5.91 Å². The predicted molar refractivity (Wildman–Crippen MR) is 31.5 cm³/mol. The van der Waals surface area contributed by atoms with Crippen LogP contribution in [0.5, 0.6) is 0 Å². The third-order valence-electron chi connectivity index (χ3n) is 1.07. The van der Waals surface area contributed by atoms with Crippen molar-refractivity contribution in [2.75, 3.05) is 0 Å². The molecule has 0 aliphatic heterocycles. The van der Waals surface area contributed by atoms with Crippen molar-refractivity contribution in [1.29, 1.82) is 0 Å². The zero-order valence-electron chi connectivity index (χ0n) is 5.37. The van der Waals surface area contributed by atoms with Gasteiger partial charge in [-0.2, -0.15) is 4.98 Å². The smallest absolute Gasteiger partial charge is 0.232 e. The number of carbonyl (C=O) groups excluding carboxylic acids is 1. The van der Waals surface area contributed by atoms with Gasteiger partial charge in [0.15, 0.2) is 5.82 Å². The Bertz CT molecular complexity index is 219. The summed E-state index contributed by atoms with van der Waals surface area (Å²) in [6.45, 7) is 1.53. The monoisotopic (exact) mass is 140 g/mol. The molecule has 0 spiro atoms. The number of carbonyl (C=O) groups is 1. The van der Waals surface area contributed by atoms with E-state index in [9.17, 15) is 4.79 Å². The van der Waals surface area contributed by atoms with Gasteiger partial charge in [-0.15, -0.1) is 0 Å². The summed E-state index contributed by atoms with van der Waals surface area (Å²) in [5.41, 5.74) is 4.93. The minimum Gasteiger partial charge on any atom is -0.369 e. The second-order valence-electron chi connectivity index (χ2n) is 1.74. The minimum absolute atomic E-state index is 0.243. The molecule has 1 aromatic heterocycles. The highest BCUT2D eigenvalue weighted by molar-refractivity contribution is 5.90. The highest BCUT2D eigenvalue weighted by Crippen LogP contribution is 2.05. The summed E-state index contributed by atoms with van der Waals surface area (Å²) >= 11 is 0. The molecule has 1 rings (SSSR count). The summed E-state index contributed by atoms with van der Waals surface area (Å²) in [7, 11) is 0. The molecular weight excluding hydrogens is 134 g/mol. The van der Waals surface area contributed by atoms with Gasteiger partial charge in [0.25, 0.3) is 0 Å². The van der Waals surface area contributed by atoms with E-state index in [0.29, 0.717) is 5.92 Å². The van der Waals surface area contributed by atoms with Gasteiger partial charge in [-0.25, -0.2) is 0 Å². The molecule has 0 saturated heterocycles. The van der Waals surface area contributed by atoms with E-state index >= 15 is 0 Å². The fourth-order valence-electron chi connectivity index (χ4n) is 0.446. The highest BCUT2D eigenvalue weighted by Gasteiger charge is 2.16. The second-order valence-corrected chi connectivity index (χ2v) is 1.74. The maximum absolute atomic E-state index is 10.5. The lowest BCUT2D eigenvalue weighted by Gasteiger charge is -1.95. The molecule has 5 nitrogen and oxygen atoms in total. The van der Waals surface area contributed by atoms with Crippen molar-refractivity contribution in [3.63, 3.8) is 0 Å². The number of nitrogens with two attached hydrogens (primary N) is 1. The maximum Gasteiger partial charge on any atom is 0.232 e. The van der Waals surface area contributed by atoms with Crippen LogP contribution in [0.15, 0.2) is 10.9 Å². The van der Waals surface area contributed by atoms with Crippen molar-refractivity contribution in [1.82, 2.24) is 10.1 Å². The van der Waals surface area contributed by atoms with E-state index in [1.807, 2.05) is 0 Å². The van der Waals surface area contributed by atoms with Crippen molar-refractivity contribution in [3.05, 3.63) is 18.1 Å². The van der Waals surface area contributed by atoms with E-state index < -0.39 is 5.91 Å². The zero-order valence-corrected chi connectivity index (χ0v) is 5.37. The SMILES string of the molecule is C[C](C(N)=O)c1ncon1. The minimum atomic E-state index is -0.540. The van der Waals surface area contributed by atoms with Crippen LogP contribution in [0.3, 0.4) is 0 Å². The lowest BCUT2D eigenvalue weighted by atomic mass is 10.1. The van der Waals surface area contributed by atoms with E-state index in [-0.39, 0.29) is 5.82 Å². The zero-order chi connectivity index (χ0) is 7.56. The Labute approximate surface area is 57.2 Å². The topological polar surface area (TPSA) is 82.0 Å². The van der Waals surface area contributed by atoms with E-state index in [4.69, 9.17) is 5.73 Å². The number of rotatable bonds is 2. The number of hydrogen-bond donors (Lipinski definition) is 1. The van der Waals surface area contributed by atoms with Crippen LogP contribution in [-0.4, -0.2) is 16.0 Å².